The number of hydrogen-bond donors (Lipinski definition) is 0. The van der Waals surface area contributed by atoms with E-state index in [-0.39, 0.29) is 23.3 Å². The zero-order valence-electron chi connectivity index (χ0n) is 15.4. The van der Waals surface area contributed by atoms with E-state index in [2.05, 4.69) is 0 Å². The highest BCUT2D eigenvalue weighted by Gasteiger charge is 2.39. The van der Waals surface area contributed by atoms with Crippen molar-refractivity contribution in [3.8, 4) is 11.5 Å². The maximum absolute atomic E-state index is 14.5. The summed E-state index contributed by atoms with van der Waals surface area (Å²) in [5.41, 5.74) is -2.52. The number of nitrogens with zero attached hydrogens (tertiary/aromatic N) is 1. The van der Waals surface area contributed by atoms with E-state index in [0.717, 1.165) is 6.07 Å². The van der Waals surface area contributed by atoms with Crippen molar-refractivity contribution in [2.45, 2.75) is 6.18 Å². The van der Waals surface area contributed by atoms with Gasteiger partial charge in [-0.05, 0) is 36.4 Å². The second-order valence-electron chi connectivity index (χ2n) is 6.57. The Balaban J connectivity index is 1.84. The third kappa shape index (κ3) is 3.35. The zero-order chi connectivity index (χ0) is 23.4. The van der Waals surface area contributed by atoms with Crippen LogP contribution in [0.25, 0.3) is 0 Å². The molecule has 1 aliphatic rings. The quantitative estimate of drug-likeness (QED) is 0.368. The molecule has 0 unspecified atom stereocenters. The highest BCUT2D eigenvalue weighted by Crippen LogP contribution is 2.42. The van der Waals surface area contributed by atoms with Gasteiger partial charge in [0.25, 0.3) is 11.8 Å². The molecule has 0 bridgehead atoms. The fourth-order valence-corrected chi connectivity index (χ4v) is 3.13. The average molecular weight is 455 g/mol. The Morgan fingerprint density at radius 3 is 1.75 bits per heavy atom. The largest absolute Gasteiger partial charge is 0.446 e. The van der Waals surface area contributed by atoms with Gasteiger partial charge in [0.05, 0.1) is 22.4 Å². The van der Waals surface area contributed by atoms with E-state index in [9.17, 15) is 40.3 Å². The summed E-state index contributed by atoms with van der Waals surface area (Å²) in [5.74, 6) is -11.8. The van der Waals surface area contributed by atoms with Crippen LogP contribution in [0.5, 0.6) is 11.5 Å². The molecule has 0 aromatic heterocycles. The van der Waals surface area contributed by atoms with Crippen molar-refractivity contribution in [3.63, 3.8) is 0 Å². The summed E-state index contributed by atoms with van der Waals surface area (Å²) >= 11 is 0. The predicted octanol–water partition coefficient (Wildman–Crippen LogP) is 5.85. The highest BCUT2D eigenvalue weighted by molar-refractivity contribution is 6.34. The molecular weight excluding hydrogens is 447 g/mol. The number of fused-ring (bicyclic) bond motifs is 1. The Bertz CT molecular complexity index is 1230. The molecule has 0 radical (unpaired) electrons. The van der Waals surface area contributed by atoms with Gasteiger partial charge in [-0.1, -0.05) is 12.1 Å². The monoisotopic (exact) mass is 455 g/mol. The van der Waals surface area contributed by atoms with Crippen LogP contribution in [0, 0.1) is 23.3 Å². The number of halogens is 7. The Hall–Kier alpha value is -3.89. The lowest BCUT2D eigenvalue weighted by Gasteiger charge is -2.20. The van der Waals surface area contributed by atoms with Crippen LogP contribution >= 0.6 is 0 Å². The number of carbonyl (C=O) groups is 2. The lowest BCUT2D eigenvalue weighted by molar-refractivity contribution is -0.138. The van der Waals surface area contributed by atoms with Gasteiger partial charge in [0.15, 0.2) is 29.0 Å². The second kappa shape index (κ2) is 7.36. The Morgan fingerprint density at radius 2 is 1.25 bits per heavy atom. The molecule has 0 atom stereocenters. The molecule has 0 N–H and O–H groups in total. The first kappa shape index (κ1) is 21.3. The first-order valence-corrected chi connectivity index (χ1v) is 8.70. The number of alkyl halides is 3. The summed E-state index contributed by atoms with van der Waals surface area (Å²) in [5, 5.41) is 0. The Morgan fingerprint density at radius 1 is 0.719 bits per heavy atom. The number of benzene rings is 3. The van der Waals surface area contributed by atoms with Gasteiger partial charge in [-0.25, -0.2) is 18.1 Å². The van der Waals surface area contributed by atoms with Gasteiger partial charge in [0, 0.05) is 0 Å². The number of imide groups is 1. The van der Waals surface area contributed by atoms with Crippen LogP contribution in [0.1, 0.15) is 26.3 Å². The van der Waals surface area contributed by atoms with Crippen molar-refractivity contribution in [3.05, 3.63) is 88.5 Å². The molecule has 2 amide bonds. The van der Waals surface area contributed by atoms with Crippen LogP contribution in [-0.2, 0) is 6.18 Å². The van der Waals surface area contributed by atoms with E-state index in [0.29, 0.717) is 11.0 Å². The summed E-state index contributed by atoms with van der Waals surface area (Å²) in [6.07, 6.45) is -5.09. The SMILES string of the molecule is O=C1c2ccccc2C(=O)N1c1ccc(F)c(F)c1Oc1c(F)cc(C(F)(F)F)cc1F. The summed E-state index contributed by atoms with van der Waals surface area (Å²) in [4.78, 5) is 25.7. The highest BCUT2D eigenvalue weighted by atomic mass is 19.4. The van der Waals surface area contributed by atoms with E-state index in [4.69, 9.17) is 4.74 Å². The number of rotatable bonds is 3. The summed E-state index contributed by atoms with van der Waals surface area (Å²) in [7, 11) is 0. The first-order chi connectivity index (χ1) is 15.0. The lowest BCUT2D eigenvalue weighted by atomic mass is 10.1. The van der Waals surface area contributed by atoms with Gasteiger partial charge < -0.3 is 4.74 Å². The van der Waals surface area contributed by atoms with E-state index < -0.39 is 64.0 Å². The van der Waals surface area contributed by atoms with Crippen molar-refractivity contribution in [2.24, 2.45) is 0 Å². The second-order valence-corrected chi connectivity index (χ2v) is 6.57. The third-order valence-corrected chi connectivity index (χ3v) is 4.59. The molecule has 4 nitrogen and oxygen atoms in total. The fourth-order valence-electron chi connectivity index (χ4n) is 3.13. The van der Waals surface area contributed by atoms with E-state index >= 15 is 0 Å². The van der Waals surface area contributed by atoms with Gasteiger partial charge >= 0.3 is 6.18 Å². The summed E-state index contributed by atoms with van der Waals surface area (Å²) in [6, 6.07) is 6.59. The molecule has 1 heterocycles. The van der Waals surface area contributed by atoms with Gasteiger partial charge in [-0.3, -0.25) is 9.59 Å². The average Bonchev–Trinajstić information content (AvgIpc) is 2.98. The minimum Gasteiger partial charge on any atom is -0.446 e. The standard InChI is InChI=1S/C21H8F7NO3/c22-12-5-6-15(29-19(30)10-3-1-2-4-11(10)20(29)31)18(16(12)25)32-17-13(23)7-9(8-14(17)24)21(26,27)28/h1-8H. The molecule has 3 aromatic carbocycles. The number of ether oxygens (including phenoxy) is 1. The molecule has 0 aliphatic carbocycles. The fraction of sp³-hybridized carbons (Fsp3) is 0.0476. The molecular formula is C21H8F7NO3. The minimum atomic E-state index is -5.09. The van der Waals surface area contributed by atoms with E-state index in [1.807, 2.05) is 0 Å². The Labute approximate surface area is 174 Å². The number of hydrogen-bond acceptors (Lipinski definition) is 3. The maximum atomic E-state index is 14.5. The van der Waals surface area contributed by atoms with E-state index in [1.54, 1.807) is 0 Å². The van der Waals surface area contributed by atoms with Crippen LogP contribution in [0.2, 0.25) is 0 Å². The predicted molar refractivity (Wildman–Crippen MR) is 95.4 cm³/mol. The van der Waals surface area contributed by atoms with Crippen LogP contribution in [0.3, 0.4) is 0 Å². The van der Waals surface area contributed by atoms with Crippen molar-refractivity contribution >= 4 is 17.5 Å². The molecule has 0 saturated heterocycles. The Kier molecular flexibility index (Phi) is 4.91. The van der Waals surface area contributed by atoms with Crippen molar-refractivity contribution in [1.82, 2.24) is 0 Å². The number of carbonyl (C=O) groups excluding carboxylic acids is 2. The zero-order valence-corrected chi connectivity index (χ0v) is 15.4. The van der Waals surface area contributed by atoms with E-state index in [1.165, 1.54) is 24.3 Å². The molecule has 164 valence electrons. The summed E-state index contributed by atoms with van der Waals surface area (Å²) in [6.45, 7) is 0. The molecule has 0 saturated carbocycles. The maximum Gasteiger partial charge on any atom is 0.416 e. The number of amides is 2. The minimum absolute atomic E-state index is 0.0694. The summed E-state index contributed by atoms with van der Waals surface area (Å²) < 4.78 is 99.8. The van der Waals surface area contributed by atoms with Crippen molar-refractivity contribution in [2.75, 3.05) is 4.90 Å². The molecule has 3 aromatic rings. The topological polar surface area (TPSA) is 46.6 Å². The van der Waals surface area contributed by atoms with Crippen LogP contribution in [0.4, 0.5) is 36.4 Å². The smallest absolute Gasteiger partial charge is 0.416 e. The van der Waals surface area contributed by atoms with Gasteiger partial charge in [0.2, 0.25) is 5.82 Å². The molecule has 11 heteroatoms. The molecule has 0 spiro atoms. The van der Waals surface area contributed by atoms with Crippen molar-refractivity contribution in [1.29, 1.82) is 0 Å². The molecule has 1 aliphatic heterocycles. The van der Waals surface area contributed by atoms with Crippen LogP contribution < -0.4 is 9.64 Å². The molecule has 4 rings (SSSR count). The normalized spacial score (nSPS) is 13.5. The first-order valence-electron chi connectivity index (χ1n) is 8.70. The van der Waals surface area contributed by atoms with Crippen LogP contribution in [0.15, 0.2) is 48.5 Å². The third-order valence-electron chi connectivity index (χ3n) is 4.59. The van der Waals surface area contributed by atoms with Gasteiger partial charge in [0.1, 0.15) is 0 Å². The van der Waals surface area contributed by atoms with Crippen molar-refractivity contribution < 1.29 is 45.1 Å². The molecule has 0 fully saturated rings. The van der Waals surface area contributed by atoms with Crippen LogP contribution in [-0.4, -0.2) is 11.8 Å². The van der Waals surface area contributed by atoms with Gasteiger partial charge in [-0.15, -0.1) is 0 Å². The molecule has 32 heavy (non-hydrogen) atoms. The van der Waals surface area contributed by atoms with Gasteiger partial charge in [-0.2, -0.15) is 17.6 Å². The lowest BCUT2D eigenvalue weighted by Crippen LogP contribution is -2.30. The number of anilines is 1.